The Bertz CT molecular complexity index is 455. The molecule has 1 saturated carbocycles. The summed E-state index contributed by atoms with van der Waals surface area (Å²) in [4.78, 5) is 2.36. The van der Waals surface area contributed by atoms with Crippen molar-refractivity contribution in [2.24, 2.45) is 17.6 Å². The Morgan fingerprint density at radius 3 is 2.84 bits per heavy atom. The molecule has 1 aromatic rings. The summed E-state index contributed by atoms with van der Waals surface area (Å²) in [5, 5.41) is 0.651. The minimum atomic E-state index is -0.217. The lowest BCUT2D eigenvalue weighted by molar-refractivity contribution is 0.298. The van der Waals surface area contributed by atoms with E-state index in [4.69, 9.17) is 17.3 Å². The van der Waals surface area contributed by atoms with Gasteiger partial charge in [0, 0.05) is 30.7 Å². The fourth-order valence-corrected chi connectivity index (χ4v) is 3.61. The van der Waals surface area contributed by atoms with Crippen molar-refractivity contribution in [1.29, 1.82) is 0 Å². The molecule has 2 N–H and O–H groups in total. The van der Waals surface area contributed by atoms with E-state index in [2.05, 4.69) is 4.90 Å². The number of likely N-dealkylation sites (tertiary alicyclic amines) is 1. The topological polar surface area (TPSA) is 29.3 Å². The van der Waals surface area contributed by atoms with Gasteiger partial charge in [-0.25, -0.2) is 4.39 Å². The largest absolute Gasteiger partial charge is 0.327 e. The van der Waals surface area contributed by atoms with Crippen LogP contribution in [0.4, 0.5) is 4.39 Å². The first kappa shape index (κ1) is 15.0. The first-order valence-electron chi connectivity index (χ1n) is 6.55. The van der Waals surface area contributed by atoms with E-state index in [0.717, 1.165) is 37.5 Å². The third kappa shape index (κ3) is 3.05. The number of halogens is 3. The van der Waals surface area contributed by atoms with Crippen molar-refractivity contribution in [3.63, 3.8) is 0 Å². The van der Waals surface area contributed by atoms with Crippen molar-refractivity contribution in [2.45, 2.75) is 25.4 Å². The lowest BCUT2D eigenvalue weighted by Crippen LogP contribution is -2.30. The van der Waals surface area contributed by atoms with Gasteiger partial charge in [0.15, 0.2) is 0 Å². The molecule has 1 aromatic carbocycles. The lowest BCUT2D eigenvalue weighted by Gasteiger charge is -2.19. The van der Waals surface area contributed by atoms with Crippen LogP contribution in [0.1, 0.15) is 18.4 Å². The molecule has 3 unspecified atom stereocenters. The quantitative estimate of drug-likeness (QED) is 0.910. The number of fused-ring (bicyclic) bond motifs is 1. The highest BCUT2D eigenvalue weighted by Crippen LogP contribution is 2.37. The van der Waals surface area contributed by atoms with Crippen molar-refractivity contribution in [2.75, 3.05) is 13.1 Å². The average Bonchev–Trinajstić information content (AvgIpc) is 2.87. The van der Waals surface area contributed by atoms with Crippen LogP contribution in [-0.4, -0.2) is 24.0 Å². The smallest absolute Gasteiger partial charge is 0.123 e. The minimum Gasteiger partial charge on any atom is -0.327 e. The Morgan fingerprint density at radius 1 is 1.32 bits per heavy atom. The first-order chi connectivity index (χ1) is 8.63. The summed E-state index contributed by atoms with van der Waals surface area (Å²) >= 11 is 6.11. The molecule has 0 spiro atoms. The van der Waals surface area contributed by atoms with Crippen LogP contribution in [-0.2, 0) is 6.54 Å². The Kier molecular flexibility index (Phi) is 4.72. The monoisotopic (exact) mass is 304 g/mol. The Hall–Kier alpha value is -0.350. The van der Waals surface area contributed by atoms with Gasteiger partial charge in [-0.05, 0) is 48.4 Å². The van der Waals surface area contributed by atoms with Gasteiger partial charge < -0.3 is 5.73 Å². The van der Waals surface area contributed by atoms with Crippen molar-refractivity contribution in [3.05, 3.63) is 34.6 Å². The van der Waals surface area contributed by atoms with Crippen LogP contribution in [0.2, 0.25) is 5.02 Å². The van der Waals surface area contributed by atoms with Gasteiger partial charge >= 0.3 is 0 Å². The highest BCUT2D eigenvalue weighted by Gasteiger charge is 2.40. The molecule has 1 heterocycles. The third-order valence-electron chi connectivity index (χ3n) is 4.39. The molecule has 1 saturated heterocycles. The molecule has 19 heavy (non-hydrogen) atoms. The second-order valence-electron chi connectivity index (χ2n) is 5.59. The normalized spacial score (nSPS) is 30.2. The zero-order valence-electron chi connectivity index (χ0n) is 10.7. The molecule has 2 aliphatic rings. The highest BCUT2D eigenvalue weighted by molar-refractivity contribution is 6.31. The fraction of sp³-hybridized carbons (Fsp3) is 0.571. The van der Waals surface area contributed by atoms with E-state index in [9.17, 15) is 4.39 Å². The molecule has 0 bridgehead atoms. The minimum absolute atomic E-state index is 0. The molecule has 106 valence electrons. The van der Waals surface area contributed by atoms with Gasteiger partial charge in [0.1, 0.15) is 5.82 Å². The number of hydrogen-bond donors (Lipinski definition) is 1. The van der Waals surface area contributed by atoms with Crippen LogP contribution in [0.15, 0.2) is 18.2 Å². The van der Waals surface area contributed by atoms with E-state index in [1.807, 2.05) is 0 Å². The van der Waals surface area contributed by atoms with Gasteiger partial charge in [-0.15, -0.1) is 12.4 Å². The van der Waals surface area contributed by atoms with E-state index in [1.165, 1.54) is 18.6 Å². The van der Waals surface area contributed by atoms with E-state index >= 15 is 0 Å². The van der Waals surface area contributed by atoms with E-state index in [0.29, 0.717) is 17.0 Å². The van der Waals surface area contributed by atoms with Crippen molar-refractivity contribution < 1.29 is 4.39 Å². The van der Waals surface area contributed by atoms with Gasteiger partial charge in [-0.3, -0.25) is 4.90 Å². The maximum atomic E-state index is 13.2. The number of nitrogens with two attached hydrogens (primary N) is 1. The second kappa shape index (κ2) is 5.96. The summed E-state index contributed by atoms with van der Waals surface area (Å²) in [5.74, 6) is 1.13. The van der Waals surface area contributed by atoms with Gasteiger partial charge in [0.05, 0.1) is 0 Å². The molecular weight excluding hydrogens is 286 g/mol. The molecular formula is C14H19Cl2FN2. The molecule has 1 aliphatic heterocycles. The van der Waals surface area contributed by atoms with Gasteiger partial charge in [-0.1, -0.05) is 11.6 Å². The van der Waals surface area contributed by atoms with E-state index in [-0.39, 0.29) is 18.2 Å². The maximum Gasteiger partial charge on any atom is 0.123 e. The second-order valence-corrected chi connectivity index (χ2v) is 6.00. The summed E-state index contributed by atoms with van der Waals surface area (Å²) < 4.78 is 13.2. The van der Waals surface area contributed by atoms with E-state index < -0.39 is 0 Å². The zero-order chi connectivity index (χ0) is 12.7. The van der Waals surface area contributed by atoms with Crippen LogP contribution < -0.4 is 5.73 Å². The maximum absolute atomic E-state index is 13.2. The SMILES string of the molecule is Cl.NC1CCC2CN(Cc3cc(F)ccc3Cl)CC12. The van der Waals surface area contributed by atoms with Crippen molar-refractivity contribution in [3.8, 4) is 0 Å². The zero-order valence-corrected chi connectivity index (χ0v) is 12.3. The first-order valence-corrected chi connectivity index (χ1v) is 6.93. The number of nitrogens with zero attached hydrogens (tertiary/aromatic N) is 1. The van der Waals surface area contributed by atoms with Crippen molar-refractivity contribution >= 4 is 24.0 Å². The summed E-state index contributed by atoms with van der Waals surface area (Å²) in [7, 11) is 0. The van der Waals surface area contributed by atoms with Crippen LogP contribution in [0, 0.1) is 17.7 Å². The van der Waals surface area contributed by atoms with Crippen LogP contribution in [0.5, 0.6) is 0 Å². The fourth-order valence-electron chi connectivity index (χ4n) is 3.43. The molecule has 0 amide bonds. The van der Waals surface area contributed by atoms with Crippen LogP contribution in [0.25, 0.3) is 0 Å². The molecule has 1 aliphatic carbocycles. The molecule has 0 aromatic heterocycles. The number of rotatable bonds is 2. The van der Waals surface area contributed by atoms with E-state index in [1.54, 1.807) is 6.07 Å². The predicted molar refractivity (Wildman–Crippen MR) is 78.1 cm³/mol. The molecule has 0 radical (unpaired) electrons. The molecule has 3 rings (SSSR count). The van der Waals surface area contributed by atoms with Gasteiger partial charge in [-0.2, -0.15) is 0 Å². The number of hydrogen-bond acceptors (Lipinski definition) is 2. The van der Waals surface area contributed by atoms with Gasteiger partial charge in [0.25, 0.3) is 0 Å². The molecule has 3 atom stereocenters. The summed E-state index contributed by atoms with van der Waals surface area (Å²) in [6, 6.07) is 4.93. The van der Waals surface area contributed by atoms with Crippen LogP contribution in [0.3, 0.4) is 0 Å². The summed E-state index contributed by atoms with van der Waals surface area (Å²) in [6.45, 7) is 2.83. The Morgan fingerprint density at radius 2 is 2.11 bits per heavy atom. The molecule has 2 fully saturated rings. The van der Waals surface area contributed by atoms with Crippen LogP contribution >= 0.6 is 24.0 Å². The highest BCUT2D eigenvalue weighted by atomic mass is 35.5. The Labute approximate surface area is 124 Å². The standard InChI is InChI=1S/C14H18ClFN2.ClH/c15-13-3-2-11(16)5-10(13)7-18-6-9-1-4-14(17)12(9)8-18;/h2-3,5,9,12,14H,1,4,6-8,17H2;1H. The summed E-state index contributed by atoms with van der Waals surface area (Å²) in [6.07, 6.45) is 2.39. The summed E-state index contributed by atoms with van der Waals surface area (Å²) in [5.41, 5.74) is 7.00. The van der Waals surface area contributed by atoms with Gasteiger partial charge in [0.2, 0.25) is 0 Å². The Balaban J connectivity index is 0.00000133. The predicted octanol–water partition coefficient (Wildman–Crippen LogP) is 3.07. The average molecular weight is 305 g/mol. The lowest BCUT2D eigenvalue weighted by atomic mass is 9.98. The number of benzene rings is 1. The van der Waals surface area contributed by atoms with Crippen molar-refractivity contribution in [1.82, 2.24) is 4.90 Å². The molecule has 5 heteroatoms. The third-order valence-corrected chi connectivity index (χ3v) is 4.76. The molecule has 2 nitrogen and oxygen atoms in total.